The van der Waals surface area contributed by atoms with E-state index in [1.165, 1.54) is 0 Å². The number of hydrogen-bond donors (Lipinski definition) is 1. The fourth-order valence-corrected chi connectivity index (χ4v) is 3.35. The van der Waals surface area contributed by atoms with Crippen LogP contribution in [0.25, 0.3) is 33.3 Å². The van der Waals surface area contributed by atoms with E-state index in [-0.39, 0.29) is 0 Å². The summed E-state index contributed by atoms with van der Waals surface area (Å²) in [5.74, 6) is 2.66. The minimum atomic E-state index is 0.399. The number of fused-ring (bicyclic) bond motifs is 2. The van der Waals surface area contributed by atoms with Crippen LogP contribution in [0.5, 0.6) is 23.1 Å². The minimum Gasteiger partial charge on any atom is -0.493 e. The molecule has 0 aliphatic rings. The van der Waals surface area contributed by atoms with Gasteiger partial charge in [0.2, 0.25) is 5.88 Å². The van der Waals surface area contributed by atoms with E-state index in [0.717, 1.165) is 16.5 Å². The third-order valence-corrected chi connectivity index (χ3v) is 4.85. The van der Waals surface area contributed by atoms with E-state index < -0.39 is 0 Å². The molecule has 9 heteroatoms. The highest BCUT2D eigenvalue weighted by atomic mass is 16.5. The SMILES string of the molecule is COc1ccc(Oc2nc(-c3cccc4[nH]ncc34)nc3c2cnn3C)cc1OC. The molecule has 5 rings (SSSR count). The van der Waals surface area contributed by atoms with Crippen LogP contribution in [0.4, 0.5) is 0 Å². The quantitative estimate of drug-likeness (QED) is 0.478. The first-order valence-corrected chi connectivity index (χ1v) is 9.20. The van der Waals surface area contributed by atoms with Crippen LogP contribution < -0.4 is 14.2 Å². The molecule has 0 amide bonds. The maximum Gasteiger partial charge on any atom is 0.234 e. The average molecular weight is 402 g/mol. The molecule has 0 radical (unpaired) electrons. The maximum atomic E-state index is 6.14. The van der Waals surface area contributed by atoms with Crippen LogP contribution in [-0.2, 0) is 7.05 Å². The highest BCUT2D eigenvalue weighted by Crippen LogP contribution is 2.36. The third kappa shape index (κ3) is 2.87. The molecular formula is C21H18N6O3. The predicted octanol–water partition coefficient (Wildman–Crippen LogP) is 3.72. The van der Waals surface area contributed by atoms with Crippen LogP contribution in [0.15, 0.2) is 48.8 Å². The lowest BCUT2D eigenvalue weighted by atomic mass is 10.1. The molecule has 0 fully saturated rings. The van der Waals surface area contributed by atoms with Gasteiger partial charge >= 0.3 is 0 Å². The Kier molecular flexibility index (Phi) is 4.20. The molecule has 1 N–H and O–H groups in total. The standard InChI is InChI=1S/C21H18N6O3/c1-27-20-15(11-23-27)21(30-12-7-8-17(28-2)18(9-12)29-3)25-19(24-20)13-5-4-6-16-14(13)10-22-26-16/h4-11H,1-3H3,(H,22,26). The van der Waals surface area contributed by atoms with Crippen LogP contribution in [0.1, 0.15) is 0 Å². The third-order valence-electron chi connectivity index (χ3n) is 4.85. The van der Waals surface area contributed by atoms with Crippen molar-refractivity contribution in [3.8, 4) is 34.5 Å². The Bertz CT molecular complexity index is 1370. The molecular weight excluding hydrogens is 384 g/mol. The van der Waals surface area contributed by atoms with Crippen molar-refractivity contribution in [2.45, 2.75) is 0 Å². The fraction of sp³-hybridized carbons (Fsp3) is 0.143. The number of methoxy groups -OCH3 is 2. The van der Waals surface area contributed by atoms with Gasteiger partial charge in [-0.05, 0) is 18.2 Å². The number of ether oxygens (including phenoxy) is 3. The van der Waals surface area contributed by atoms with Crippen molar-refractivity contribution in [2.24, 2.45) is 7.05 Å². The summed E-state index contributed by atoms with van der Waals surface area (Å²) >= 11 is 0. The first-order valence-electron chi connectivity index (χ1n) is 9.20. The summed E-state index contributed by atoms with van der Waals surface area (Å²) in [5.41, 5.74) is 2.42. The van der Waals surface area contributed by atoms with Gasteiger partial charge in [-0.25, -0.2) is 4.98 Å². The first-order chi connectivity index (χ1) is 14.7. The molecule has 30 heavy (non-hydrogen) atoms. The number of rotatable bonds is 5. The zero-order valence-electron chi connectivity index (χ0n) is 16.6. The molecule has 0 atom stereocenters. The Morgan fingerprint density at radius 1 is 0.933 bits per heavy atom. The van der Waals surface area contributed by atoms with Gasteiger partial charge in [-0.2, -0.15) is 15.2 Å². The second-order valence-electron chi connectivity index (χ2n) is 6.61. The number of hydrogen-bond acceptors (Lipinski definition) is 7. The monoisotopic (exact) mass is 402 g/mol. The topological polar surface area (TPSA) is 100.0 Å². The number of H-pyrrole nitrogens is 1. The van der Waals surface area contributed by atoms with E-state index in [4.69, 9.17) is 24.2 Å². The summed E-state index contributed by atoms with van der Waals surface area (Å²) in [4.78, 5) is 9.43. The van der Waals surface area contributed by atoms with Gasteiger partial charge in [-0.3, -0.25) is 9.78 Å². The summed E-state index contributed by atoms with van der Waals surface area (Å²) < 4.78 is 18.5. The smallest absolute Gasteiger partial charge is 0.234 e. The van der Waals surface area contributed by atoms with E-state index in [9.17, 15) is 0 Å². The van der Waals surface area contributed by atoms with Gasteiger partial charge in [0.05, 0.1) is 32.1 Å². The highest BCUT2D eigenvalue weighted by Gasteiger charge is 2.17. The normalized spacial score (nSPS) is 11.2. The molecule has 0 saturated carbocycles. The van der Waals surface area contributed by atoms with E-state index in [1.54, 1.807) is 49.5 Å². The Morgan fingerprint density at radius 2 is 1.80 bits per heavy atom. The zero-order chi connectivity index (χ0) is 20.7. The molecule has 0 aliphatic carbocycles. The first kappa shape index (κ1) is 17.9. The van der Waals surface area contributed by atoms with Gasteiger partial charge in [-0.1, -0.05) is 12.1 Å². The van der Waals surface area contributed by atoms with E-state index >= 15 is 0 Å². The molecule has 3 heterocycles. The van der Waals surface area contributed by atoms with E-state index in [2.05, 4.69) is 15.3 Å². The summed E-state index contributed by atoms with van der Waals surface area (Å²) in [6.07, 6.45) is 3.45. The van der Waals surface area contributed by atoms with Gasteiger partial charge in [0, 0.05) is 24.1 Å². The number of aromatic amines is 1. The van der Waals surface area contributed by atoms with Crippen molar-refractivity contribution in [3.63, 3.8) is 0 Å². The highest BCUT2D eigenvalue weighted by molar-refractivity contribution is 5.94. The molecule has 150 valence electrons. The number of benzene rings is 2. The number of aromatic nitrogens is 6. The van der Waals surface area contributed by atoms with Crippen molar-refractivity contribution in [3.05, 3.63) is 48.8 Å². The molecule has 0 unspecified atom stereocenters. The fourth-order valence-electron chi connectivity index (χ4n) is 3.35. The van der Waals surface area contributed by atoms with Crippen molar-refractivity contribution >= 4 is 21.9 Å². The Balaban J connectivity index is 1.66. The summed E-state index contributed by atoms with van der Waals surface area (Å²) in [7, 11) is 5.00. The number of aryl methyl sites for hydroxylation is 1. The van der Waals surface area contributed by atoms with Crippen LogP contribution in [-0.4, -0.2) is 44.2 Å². The van der Waals surface area contributed by atoms with Crippen LogP contribution >= 0.6 is 0 Å². The second-order valence-corrected chi connectivity index (χ2v) is 6.61. The van der Waals surface area contributed by atoms with Gasteiger partial charge in [0.25, 0.3) is 0 Å². The lowest BCUT2D eigenvalue weighted by molar-refractivity contribution is 0.352. The lowest BCUT2D eigenvalue weighted by Gasteiger charge is -2.11. The van der Waals surface area contributed by atoms with Gasteiger partial charge in [0.1, 0.15) is 11.1 Å². The average Bonchev–Trinajstić information content (AvgIpc) is 3.40. The number of nitrogens with one attached hydrogen (secondary N) is 1. The lowest BCUT2D eigenvalue weighted by Crippen LogP contribution is -1.99. The maximum absolute atomic E-state index is 6.14. The van der Waals surface area contributed by atoms with Gasteiger partial charge < -0.3 is 14.2 Å². The van der Waals surface area contributed by atoms with Crippen molar-refractivity contribution < 1.29 is 14.2 Å². The van der Waals surface area contributed by atoms with Crippen LogP contribution in [0, 0.1) is 0 Å². The molecule has 0 spiro atoms. The Morgan fingerprint density at radius 3 is 2.63 bits per heavy atom. The Labute approximate surface area is 171 Å². The van der Waals surface area contributed by atoms with Crippen LogP contribution in [0.3, 0.4) is 0 Å². The minimum absolute atomic E-state index is 0.399. The predicted molar refractivity (Wildman–Crippen MR) is 111 cm³/mol. The molecule has 0 saturated heterocycles. The summed E-state index contributed by atoms with van der Waals surface area (Å²) in [6, 6.07) is 11.2. The van der Waals surface area contributed by atoms with Crippen molar-refractivity contribution in [1.82, 2.24) is 29.9 Å². The second kappa shape index (κ2) is 7.03. The van der Waals surface area contributed by atoms with Crippen molar-refractivity contribution in [1.29, 1.82) is 0 Å². The van der Waals surface area contributed by atoms with Crippen molar-refractivity contribution in [2.75, 3.05) is 14.2 Å². The van der Waals surface area contributed by atoms with E-state index in [1.807, 2.05) is 25.2 Å². The van der Waals surface area contributed by atoms with E-state index in [0.29, 0.717) is 40.0 Å². The summed E-state index contributed by atoms with van der Waals surface area (Å²) in [5, 5.41) is 13.0. The molecule has 0 bridgehead atoms. The molecule has 5 aromatic rings. The van der Waals surface area contributed by atoms with Crippen LogP contribution in [0.2, 0.25) is 0 Å². The van der Waals surface area contributed by atoms with Gasteiger partial charge in [-0.15, -0.1) is 0 Å². The molecule has 2 aromatic carbocycles. The molecule has 9 nitrogen and oxygen atoms in total. The molecule has 0 aliphatic heterocycles. The largest absolute Gasteiger partial charge is 0.493 e. The number of nitrogens with zero attached hydrogens (tertiary/aromatic N) is 5. The Hall–Kier alpha value is -4.14. The summed E-state index contributed by atoms with van der Waals surface area (Å²) in [6.45, 7) is 0. The molecule has 3 aromatic heterocycles. The zero-order valence-corrected chi connectivity index (χ0v) is 16.6. The van der Waals surface area contributed by atoms with Gasteiger partial charge in [0.15, 0.2) is 23.0 Å².